The number of carbonyl (C=O) groups excluding carboxylic acids is 1. The number of carboxylic acid groups (broad SMARTS) is 1. The van der Waals surface area contributed by atoms with Gasteiger partial charge in [-0.25, -0.2) is 4.79 Å². The van der Waals surface area contributed by atoms with Gasteiger partial charge in [0.2, 0.25) is 0 Å². The average Bonchev–Trinajstić information content (AvgIpc) is 2.89. The summed E-state index contributed by atoms with van der Waals surface area (Å²) in [7, 11) is 1.36. The monoisotopic (exact) mass is 284 g/mol. The van der Waals surface area contributed by atoms with Crippen molar-refractivity contribution in [2.75, 3.05) is 20.2 Å². The van der Waals surface area contributed by atoms with Gasteiger partial charge in [0.25, 0.3) is 0 Å². The number of rotatable bonds is 4. The molecule has 0 bridgehead atoms. The van der Waals surface area contributed by atoms with Crippen molar-refractivity contribution < 1.29 is 19.4 Å². The van der Waals surface area contributed by atoms with Crippen molar-refractivity contribution in [2.24, 2.45) is 5.92 Å². The molecule has 6 nitrogen and oxygen atoms in total. The molecule has 0 aromatic heterocycles. The third-order valence-corrected chi connectivity index (χ3v) is 4.26. The van der Waals surface area contributed by atoms with E-state index in [1.54, 1.807) is 4.90 Å². The zero-order chi connectivity index (χ0) is 14.5. The third kappa shape index (κ3) is 4.10. The number of methoxy groups -OCH3 is 1. The second-order valence-electron chi connectivity index (χ2n) is 5.92. The minimum atomic E-state index is -0.804. The van der Waals surface area contributed by atoms with Crippen LogP contribution < -0.4 is 5.32 Å². The van der Waals surface area contributed by atoms with Gasteiger partial charge in [-0.15, -0.1) is 0 Å². The number of hydrogen-bond acceptors (Lipinski definition) is 4. The SMILES string of the molecule is COC(=O)N1CC(CC(=O)O)CC(NC2CCCC2)C1. The fourth-order valence-corrected chi connectivity index (χ4v) is 3.42. The first-order chi connectivity index (χ1) is 9.58. The van der Waals surface area contributed by atoms with Gasteiger partial charge in [0.15, 0.2) is 0 Å². The highest BCUT2D eigenvalue weighted by atomic mass is 16.5. The first-order valence-electron chi connectivity index (χ1n) is 7.39. The Bertz CT molecular complexity index is 355. The molecule has 1 saturated heterocycles. The fourth-order valence-electron chi connectivity index (χ4n) is 3.42. The molecule has 1 heterocycles. The Kier molecular flexibility index (Phi) is 5.23. The quantitative estimate of drug-likeness (QED) is 0.817. The van der Waals surface area contributed by atoms with Gasteiger partial charge in [0.1, 0.15) is 0 Å². The molecule has 2 aliphatic rings. The molecule has 2 rings (SSSR count). The molecule has 6 heteroatoms. The van der Waals surface area contributed by atoms with Crippen LogP contribution in [0.2, 0.25) is 0 Å². The maximum absolute atomic E-state index is 11.7. The van der Waals surface area contributed by atoms with Gasteiger partial charge in [-0.1, -0.05) is 12.8 Å². The number of carbonyl (C=O) groups is 2. The molecule has 1 aliphatic heterocycles. The van der Waals surface area contributed by atoms with Crippen LogP contribution in [0.1, 0.15) is 38.5 Å². The Morgan fingerprint density at radius 3 is 2.55 bits per heavy atom. The van der Waals surface area contributed by atoms with E-state index in [0.717, 1.165) is 6.42 Å². The van der Waals surface area contributed by atoms with E-state index in [1.165, 1.54) is 32.8 Å². The summed E-state index contributed by atoms with van der Waals surface area (Å²) >= 11 is 0. The van der Waals surface area contributed by atoms with E-state index in [0.29, 0.717) is 19.1 Å². The molecule has 2 N–H and O–H groups in total. The number of ether oxygens (including phenoxy) is 1. The van der Waals surface area contributed by atoms with E-state index in [2.05, 4.69) is 5.32 Å². The lowest BCUT2D eigenvalue weighted by Crippen LogP contribution is -2.53. The number of hydrogen-bond donors (Lipinski definition) is 2. The third-order valence-electron chi connectivity index (χ3n) is 4.26. The van der Waals surface area contributed by atoms with Crippen LogP contribution in [0.4, 0.5) is 4.79 Å². The highest BCUT2D eigenvalue weighted by molar-refractivity contribution is 5.69. The van der Waals surface area contributed by atoms with Gasteiger partial charge in [-0.2, -0.15) is 0 Å². The molecular formula is C14H24N2O4. The van der Waals surface area contributed by atoms with Gasteiger partial charge in [0, 0.05) is 31.6 Å². The number of likely N-dealkylation sites (tertiary alicyclic amines) is 1. The molecule has 114 valence electrons. The topological polar surface area (TPSA) is 78.9 Å². The lowest BCUT2D eigenvalue weighted by atomic mass is 9.91. The van der Waals surface area contributed by atoms with Crippen LogP contribution in [0.3, 0.4) is 0 Å². The lowest BCUT2D eigenvalue weighted by molar-refractivity contribution is -0.138. The smallest absolute Gasteiger partial charge is 0.409 e. The lowest BCUT2D eigenvalue weighted by Gasteiger charge is -2.38. The van der Waals surface area contributed by atoms with Crippen LogP contribution in [0.15, 0.2) is 0 Å². The summed E-state index contributed by atoms with van der Waals surface area (Å²) in [6.45, 7) is 1.08. The summed E-state index contributed by atoms with van der Waals surface area (Å²) in [5, 5.41) is 12.6. The van der Waals surface area contributed by atoms with Crippen LogP contribution >= 0.6 is 0 Å². The highest BCUT2D eigenvalue weighted by Gasteiger charge is 2.33. The first-order valence-corrected chi connectivity index (χ1v) is 7.39. The van der Waals surface area contributed by atoms with E-state index < -0.39 is 5.97 Å². The second-order valence-corrected chi connectivity index (χ2v) is 5.92. The van der Waals surface area contributed by atoms with Crippen LogP contribution in [0.5, 0.6) is 0 Å². The Balaban J connectivity index is 1.94. The van der Waals surface area contributed by atoms with Crippen molar-refractivity contribution in [2.45, 2.75) is 50.6 Å². The maximum atomic E-state index is 11.7. The summed E-state index contributed by atoms with van der Waals surface area (Å²) in [6, 6.07) is 0.693. The largest absolute Gasteiger partial charge is 0.481 e. The summed E-state index contributed by atoms with van der Waals surface area (Å²) in [5.41, 5.74) is 0. The second kappa shape index (κ2) is 6.92. The highest BCUT2D eigenvalue weighted by Crippen LogP contribution is 2.24. The van der Waals surface area contributed by atoms with Crippen LogP contribution in [0.25, 0.3) is 0 Å². The summed E-state index contributed by atoms with van der Waals surface area (Å²) in [4.78, 5) is 24.2. The van der Waals surface area contributed by atoms with E-state index >= 15 is 0 Å². The van der Waals surface area contributed by atoms with Crippen molar-refractivity contribution in [3.8, 4) is 0 Å². The van der Waals surface area contributed by atoms with Crippen LogP contribution in [0, 0.1) is 5.92 Å². The molecule has 0 spiro atoms. The number of carboxylic acids is 1. The fraction of sp³-hybridized carbons (Fsp3) is 0.857. The van der Waals surface area contributed by atoms with Gasteiger partial charge in [-0.3, -0.25) is 4.79 Å². The Morgan fingerprint density at radius 2 is 1.95 bits per heavy atom. The summed E-state index contributed by atoms with van der Waals surface area (Å²) in [6.07, 6.45) is 5.43. The standard InChI is InChI=1S/C14H24N2O4/c1-20-14(19)16-8-10(7-13(17)18)6-12(9-16)15-11-4-2-3-5-11/h10-12,15H,2-9H2,1H3,(H,17,18). The molecule has 20 heavy (non-hydrogen) atoms. The van der Waals surface area contributed by atoms with E-state index in [4.69, 9.17) is 9.84 Å². The number of nitrogens with one attached hydrogen (secondary N) is 1. The summed E-state index contributed by atoms with van der Waals surface area (Å²) in [5.74, 6) is -0.805. The molecular weight excluding hydrogens is 260 g/mol. The van der Waals surface area contributed by atoms with Crippen molar-refractivity contribution in [3.05, 3.63) is 0 Å². The van der Waals surface area contributed by atoms with Crippen molar-refractivity contribution in [3.63, 3.8) is 0 Å². The summed E-state index contributed by atoms with van der Waals surface area (Å²) < 4.78 is 4.77. The van der Waals surface area contributed by atoms with E-state index in [9.17, 15) is 9.59 Å². The zero-order valence-corrected chi connectivity index (χ0v) is 12.0. The molecule has 0 radical (unpaired) electrons. The predicted molar refractivity (Wildman–Crippen MR) is 73.5 cm³/mol. The Labute approximate surface area is 119 Å². The van der Waals surface area contributed by atoms with Gasteiger partial charge in [0.05, 0.1) is 7.11 Å². The number of aliphatic carboxylic acids is 1. The first kappa shape index (κ1) is 15.1. The minimum Gasteiger partial charge on any atom is -0.481 e. The average molecular weight is 284 g/mol. The van der Waals surface area contributed by atoms with Crippen molar-refractivity contribution in [1.82, 2.24) is 10.2 Å². The zero-order valence-electron chi connectivity index (χ0n) is 12.0. The van der Waals surface area contributed by atoms with Crippen molar-refractivity contribution in [1.29, 1.82) is 0 Å². The number of piperidine rings is 1. The number of nitrogens with zero attached hydrogens (tertiary/aromatic N) is 1. The molecule has 1 amide bonds. The maximum Gasteiger partial charge on any atom is 0.409 e. The van der Waals surface area contributed by atoms with Gasteiger partial charge >= 0.3 is 12.1 Å². The van der Waals surface area contributed by atoms with Crippen molar-refractivity contribution >= 4 is 12.1 Å². The molecule has 0 aromatic rings. The van der Waals surface area contributed by atoms with E-state index in [1.807, 2.05) is 0 Å². The van der Waals surface area contributed by atoms with Gasteiger partial charge in [-0.05, 0) is 25.2 Å². The Morgan fingerprint density at radius 1 is 1.25 bits per heavy atom. The predicted octanol–water partition coefficient (Wildman–Crippen LogP) is 1.45. The van der Waals surface area contributed by atoms with Crippen LogP contribution in [-0.2, 0) is 9.53 Å². The molecule has 2 fully saturated rings. The normalized spacial score (nSPS) is 27.6. The van der Waals surface area contributed by atoms with Gasteiger partial charge < -0.3 is 20.1 Å². The Hall–Kier alpha value is -1.30. The molecule has 2 unspecified atom stereocenters. The van der Waals surface area contributed by atoms with Crippen LogP contribution in [-0.4, -0.2) is 54.4 Å². The minimum absolute atomic E-state index is 0.000692. The van der Waals surface area contributed by atoms with E-state index in [-0.39, 0.29) is 24.5 Å². The molecule has 1 aliphatic carbocycles. The molecule has 1 saturated carbocycles. The number of amides is 1. The molecule has 0 aromatic carbocycles. The molecule has 2 atom stereocenters.